The van der Waals surface area contributed by atoms with Crippen molar-refractivity contribution in [3.05, 3.63) is 46.2 Å². The van der Waals surface area contributed by atoms with E-state index in [-0.39, 0.29) is 10.7 Å². The molecule has 5 nitrogen and oxygen atoms in total. The minimum absolute atomic E-state index is 0.128. The second kappa shape index (κ2) is 5.79. The summed E-state index contributed by atoms with van der Waals surface area (Å²) in [4.78, 5) is 16.1. The number of halogens is 2. The zero-order valence-electron chi connectivity index (χ0n) is 10.7. The number of fused-ring (bicyclic) bond motifs is 1. The summed E-state index contributed by atoms with van der Waals surface area (Å²) in [5.74, 6) is 0.702. The molecule has 1 amide bonds. The lowest BCUT2D eigenvalue weighted by molar-refractivity contribution is 0.102. The van der Waals surface area contributed by atoms with Gasteiger partial charge in [-0.25, -0.2) is 4.98 Å². The maximum Gasteiger partial charge on any atom is 0.258 e. The van der Waals surface area contributed by atoms with Crippen LogP contribution in [0.4, 0.5) is 5.69 Å². The Morgan fingerprint density at radius 2 is 1.90 bits per heavy atom. The van der Waals surface area contributed by atoms with Crippen LogP contribution >= 0.6 is 23.2 Å². The van der Waals surface area contributed by atoms with Gasteiger partial charge in [0.1, 0.15) is 18.4 Å². The Hall–Kier alpha value is -1.98. The van der Waals surface area contributed by atoms with E-state index in [2.05, 4.69) is 10.3 Å². The molecular formula is C14H10Cl2N2O3. The molecule has 21 heavy (non-hydrogen) atoms. The third-order valence-corrected chi connectivity index (χ3v) is 3.50. The van der Waals surface area contributed by atoms with Crippen LogP contribution in [0.25, 0.3) is 0 Å². The Morgan fingerprint density at radius 1 is 1.19 bits per heavy atom. The first-order chi connectivity index (χ1) is 10.1. The fourth-order valence-corrected chi connectivity index (χ4v) is 2.31. The van der Waals surface area contributed by atoms with E-state index in [0.717, 1.165) is 0 Å². The van der Waals surface area contributed by atoms with Gasteiger partial charge in [-0.3, -0.25) is 4.79 Å². The smallest absolute Gasteiger partial charge is 0.258 e. The van der Waals surface area contributed by atoms with E-state index in [9.17, 15) is 4.79 Å². The average molecular weight is 325 g/mol. The molecule has 0 radical (unpaired) electrons. The van der Waals surface area contributed by atoms with Crippen LogP contribution in [0.3, 0.4) is 0 Å². The van der Waals surface area contributed by atoms with Crippen molar-refractivity contribution in [3.63, 3.8) is 0 Å². The molecule has 0 saturated carbocycles. The van der Waals surface area contributed by atoms with E-state index in [4.69, 9.17) is 32.7 Å². The summed E-state index contributed by atoms with van der Waals surface area (Å²) in [6, 6.07) is 6.44. The van der Waals surface area contributed by atoms with E-state index in [1.54, 1.807) is 24.3 Å². The summed E-state index contributed by atoms with van der Waals surface area (Å²) < 4.78 is 10.9. The molecule has 1 N–H and O–H groups in total. The van der Waals surface area contributed by atoms with Crippen molar-refractivity contribution in [1.82, 2.24) is 4.98 Å². The number of nitrogens with one attached hydrogen (secondary N) is 1. The minimum Gasteiger partial charge on any atom is -0.486 e. The Balaban J connectivity index is 1.88. The lowest BCUT2D eigenvalue weighted by Gasteiger charge is -2.20. The fourth-order valence-electron chi connectivity index (χ4n) is 1.90. The Kier molecular flexibility index (Phi) is 3.86. The van der Waals surface area contributed by atoms with Gasteiger partial charge in [-0.05, 0) is 12.1 Å². The minimum atomic E-state index is -0.397. The first-order valence-electron chi connectivity index (χ1n) is 6.16. The highest BCUT2D eigenvalue weighted by Gasteiger charge is 2.18. The number of anilines is 1. The normalized spacial score (nSPS) is 12.9. The lowest BCUT2D eigenvalue weighted by atomic mass is 10.2. The molecule has 3 rings (SSSR count). The summed E-state index contributed by atoms with van der Waals surface area (Å²) in [7, 11) is 0. The molecule has 1 aromatic carbocycles. The van der Waals surface area contributed by atoms with Crippen LogP contribution in [0, 0.1) is 0 Å². The van der Waals surface area contributed by atoms with Crippen molar-refractivity contribution in [2.75, 3.05) is 18.5 Å². The zero-order chi connectivity index (χ0) is 14.8. The highest BCUT2D eigenvalue weighted by atomic mass is 35.5. The number of carbonyl (C=O) groups excluding carboxylic acids is 1. The number of benzene rings is 1. The molecule has 2 heterocycles. The molecule has 108 valence electrons. The predicted molar refractivity (Wildman–Crippen MR) is 79.6 cm³/mol. The van der Waals surface area contributed by atoms with Crippen molar-refractivity contribution in [2.45, 2.75) is 0 Å². The van der Waals surface area contributed by atoms with Crippen molar-refractivity contribution >= 4 is 34.8 Å². The quantitative estimate of drug-likeness (QED) is 0.860. The van der Waals surface area contributed by atoms with E-state index < -0.39 is 5.91 Å². The number of rotatable bonds is 2. The van der Waals surface area contributed by atoms with Gasteiger partial charge in [0.25, 0.3) is 5.91 Å². The van der Waals surface area contributed by atoms with Gasteiger partial charge in [0.2, 0.25) is 0 Å². The molecule has 0 saturated heterocycles. The fraction of sp³-hybridized carbons (Fsp3) is 0.143. The maximum atomic E-state index is 12.2. The highest BCUT2D eigenvalue weighted by molar-refractivity contribution is 6.35. The molecule has 0 fully saturated rings. The molecule has 7 heteroatoms. The maximum absolute atomic E-state index is 12.2. The summed E-state index contributed by atoms with van der Waals surface area (Å²) in [6.07, 6.45) is 1.51. The number of hydrogen-bond donors (Lipinski definition) is 1. The number of ether oxygens (including phenoxy) is 2. The van der Waals surface area contributed by atoms with Gasteiger partial charge >= 0.3 is 0 Å². The van der Waals surface area contributed by atoms with Crippen molar-refractivity contribution < 1.29 is 14.3 Å². The summed E-state index contributed by atoms with van der Waals surface area (Å²) >= 11 is 12.0. The van der Waals surface area contributed by atoms with Gasteiger partial charge < -0.3 is 14.8 Å². The molecule has 2 aromatic rings. The predicted octanol–water partition coefficient (Wildman–Crippen LogP) is 3.41. The van der Waals surface area contributed by atoms with Gasteiger partial charge in [0.05, 0.1) is 16.3 Å². The van der Waals surface area contributed by atoms with E-state index in [1.807, 2.05) is 0 Å². The van der Waals surface area contributed by atoms with Gasteiger partial charge in [-0.1, -0.05) is 23.2 Å². The molecule has 1 aromatic heterocycles. The third-order valence-electron chi connectivity index (χ3n) is 2.88. The second-order valence-electron chi connectivity index (χ2n) is 4.27. The first kappa shape index (κ1) is 14.0. The zero-order valence-corrected chi connectivity index (χ0v) is 12.2. The monoisotopic (exact) mass is 324 g/mol. The molecule has 0 aliphatic carbocycles. The van der Waals surface area contributed by atoms with Crippen LogP contribution in [0.5, 0.6) is 11.5 Å². The van der Waals surface area contributed by atoms with Crippen LogP contribution in [-0.2, 0) is 0 Å². The number of pyridine rings is 1. The Labute approximate surface area is 130 Å². The highest BCUT2D eigenvalue weighted by Crippen LogP contribution is 2.38. The summed E-state index contributed by atoms with van der Waals surface area (Å²) in [5, 5.41) is 3.17. The Bertz CT molecular complexity index is 707. The van der Waals surface area contributed by atoms with Crippen LogP contribution in [0.2, 0.25) is 10.2 Å². The van der Waals surface area contributed by atoms with E-state index in [1.165, 1.54) is 6.20 Å². The van der Waals surface area contributed by atoms with Crippen LogP contribution in [0.15, 0.2) is 30.5 Å². The number of amides is 1. The average Bonchev–Trinajstić information content (AvgIpc) is 2.48. The molecule has 1 aliphatic rings. The SMILES string of the molecule is O=C(Nc1cc2c(cc1Cl)OCCO2)c1cccnc1Cl. The Morgan fingerprint density at radius 3 is 2.62 bits per heavy atom. The standard InChI is InChI=1S/C14H10Cl2N2O3/c15-9-6-11-12(21-5-4-20-11)7-10(9)18-14(19)8-2-1-3-17-13(8)16/h1-3,6-7H,4-5H2,(H,18,19). The lowest BCUT2D eigenvalue weighted by Crippen LogP contribution is -2.17. The summed E-state index contributed by atoms with van der Waals surface area (Å²) in [5.41, 5.74) is 0.691. The number of aromatic nitrogens is 1. The van der Waals surface area contributed by atoms with Gasteiger partial charge in [-0.15, -0.1) is 0 Å². The topological polar surface area (TPSA) is 60.5 Å². The number of carbonyl (C=O) groups is 1. The van der Waals surface area contributed by atoms with Crippen molar-refractivity contribution in [3.8, 4) is 11.5 Å². The third kappa shape index (κ3) is 2.89. The van der Waals surface area contributed by atoms with Gasteiger partial charge in [0, 0.05) is 18.3 Å². The van der Waals surface area contributed by atoms with Crippen molar-refractivity contribution in [1.29, 1.82) is 0 Å². The first-order valence-corrected chi connectivity index (χ1v) is 6.92. The van der Waals surface area contributed by atoms with Crippen LogP contribution < -0.4 is 14.8 Å². The number of hydrogen-bond acceptors (Lipinski definition) is 4. The van der Waals surface area contributed by atoms with Crippen molar-refractivity contribution in [2.24, 2.45) is 0 Å². The molecular weight excluding hydrogens is 315 g/mol. The number of nitrogens with zero attached hydrogens (tertiary/aromatic N) is 1. The largest absolute Gasteiger partial charge is 0.486 e. The summed E-state index contributed by atoms with van der Waals surface area (Å²) in [6.45, 7) is 0.927. The van der Waals surface area contributed by atoms with Gasteiger partial charge in [-0.2, -0.15) is 0 Å². The van der Waals surface area contributed by atoms with Gasteiger partial charge in [0.15, 0.2) is 11.5 Å². The van der Waals surface area contributed by atoms with Crippen LogP contribution in [-0.4, -0.2) is 24.1 Å². The van der Waals surface area contributed by atoms with E-state index >= 15 is 0 Å². The molecule has 0 atom stereocenters. The molecule has 1 aliphatic heterocycles. The molecule has 0 unspecified atom stereocenters. The van der Waals surface area contributed by atoms with E-state index in [0.29, 0.717) is 35.4 Å². The molecule has 0 spiro atoms. The van der Waals surface area contributed by atoms with Crippen LogP contribution in [0.1, 0.15) is 10.4 Å². The second-order valence-corrected chi connectivity index (χ2v) is 5.04. The molecule has 0 bridgehead atoms.